The van der Waals surface area contributed by atoms with E-state index >= 15 is 0 Å². The number of hydrogen-bond donors (Lipinski definition) is 0. The van der Waals surface area contributed by atoms with Gasteiger partial charge in [-0.3, -0.25) is 4.98 Å². The minimum Gasteiger partial charge on any atom is -0.367 e. The second-order valence-electron chi connectivity index (χ2n) is 5.78. The van der Waals surface area contributed by atoms with Crippen LogP contribution in [0.2, 0.25) is 0 Å². The first kappa shape index (κ1) is 13.3. The summed E-state index contributed by atoms with van der Waals surface area (Å²) in [5.41, 5.74) is 3.83. The summed E-state index contributed by atoms with van der Waals surface area (Å²) < 4.78 is 7.28. The Balaban J connectivity index is 1.68. The molecule has 2 heterocycles. The van der Waals surface area contributed by atoms with Crippen molar-refractivity contribution >= 4 is 21.6 Å². The highest BCUT2D eigenvalue weighted by atomic mass is 79.9. The van der Waals surface area contributed by atoms with Crippen LogP contribution in [-0.4, -0.2) is 24.7 Å². The molecule has 2 aliphatic rings. The Labute approximate surface area is 133 Å². The van der Waals surface area contributed by atoms with Crippen molar-refractivity contribution in [1.82, 2.24) is 4.98 Å². The van der Waals surface area contributed by atoms with Crippen molar-refractivity contribution in [3.63, 3.8) is 0 Å². The third kappa shape index (κ3) is 2.27. The lowest BCUT2D eigenvalue weighted by molar-refractivity contribution is -0.0592. The lowest BCUT2D eigenvalue weighted by Crippen LogP contribution is -2.49. The number of pyridine rings is 1. The number of halogens is 1. The van der Waals surface area contributed by atoms with E-state index in [0.29, 0.717) is 0 Å². The van der Waals surface area contributed by atoms with Gasteiger partial charge in [-0.1, -0.05) is 24.3 Å². The van der Waals surface area contributed by atoms with E-state index in [9.17, 15) is 0 Å². The fourth-order valence-corrected chi connectivity index (χ4v) is 3.90. The van der Waals surface area contributed by atoms with Crippen LogP contribution in [-0.2, 0) is 16.8 Å². The summed E-state index contributed by atoms with van der Waals surface area (Å²) in [7, 11) is 0. The first-order chi connectivity index (χ1) is 10.3. The van der Waals surface area contributed by atoms with Gasteiger partial charge in [0.15, 0.2) is 0 Å². The average Bonchev–Trinajstić information content (AvgIpc) is 2.86. The average molecular weight is 345 g/mol. The van der Waals surface area contributed by atoms with Gasteiger partial charge in [0.05, 0.1) is 25.0 Å². The maximum atomic E-state index is 6.26. The molecular weight excluding hydrogens is 328 g/mol. The van der Waals surface area contributed by atoms with Crippen LogP contribution in [0.1, 0.15) is 17.5 Å². The molecule has 0 amide bonds. The minimum absolute atomic E-state index is 0.142. The smallest absolute Gasteiger partial charge is 0.111 e. The molecule has 3 nitrogen and oxygen atoms in total. The molecule has 0 radical (unpaired) electrons. The van der Waals surface area contributed by atoms with Crippen LogP contribution < -0.4 is 4.90 Å². The van der Waals surface area contributed by atoms with Gasteiger partial charge in [0.25, 0.3) is 0 Å². The zero-order valence-corrected chi connectivity index (χ0v) is 13.3. The number of rotatable bonds is 1. The minimum atomic E-state index is -0.142. The van der Waals surface area contributed by atoms with Crippen molar-refractivity contribution in [3.8, 4) is 0 Å². The summed E-state index contributed by atoms with van der Waals surface area (Å²) >= 11 is 3.51. The van der Waals surface area contributed by atoms with Crippen LogP contribution in [0.5, 0.6) is 0 Å². The van der Waals surface area contributed by atoms with E-state index in [1.807, 2.05) is 12.4 Å². The van der Waals surface area contributed by atoms with Gasteiger partial charge >= 0.3 is 0 Å². The predicted molar refractivity (Wildman–Crippen MR) is 86.5 cm³/mol. The number of aromatic nitrogens is 1. The third-order valence-electron chi connectivity index (χ3n) is 4.55. The molecule has 1 aromatic carbocycles. The van der Waals surface area contributed by atoms with Crippen LogP contribution in [0.4, 0.5) is 5.69 Å². The molecule has 4 heteroatoms. The van der Waals surface area contributed by atoms with Crippen LogP contribution in [0.3, 0.4) is 0 Å². The predicted octanol–water partition coefficient (Wildman–Crippen LogP) is 3.52. The molecule has 1 aliphatic heterocycles. The van der Waals surface area contributed by atoms with Gasteiger partial charge in [-0.25, -0.2) is 0 Å². The van der Waals surface area contributed by atoms with Crippen molar-refractivity contribution in [3.05, 3.63) is 58.3 Å². The molecular formula is C17H17BrN2O. The van der Waals surface area contributed by atoms with E-state index < -0.39 is 0 Å². The molecule has 1 aliphatic carbocycles. The molecule has 1 aromatic heterocycles. The Morgan fingerprint density at radius 2 is 2.14 bits per heavy atom. The van der Waals surface area contributed by atoms with Crippen LogP contribution in [0.15, 0.2) is 47.2 Å². The Bertz CT molecular complexity index is 671. The Morgan fingerprint density at radius 1 is 1.24 bits per heavy atom. The van der Waals surface area contributed by atoms with Crippen LogP contribution >= 0.6 is 15.9 Å². The quantitative estimate of drug-likeness (QED) is 0.791. The normalized spacial score (nSPS) is 24.3. The van der Waals surface area contributed by atoms with Gasteiger partial charge in [-0.05, 0) is 46.0 Å². The highest BCUT2D eigenvalue weighted by molar-refractivity contribution is 9.10. The number of ether oxygens (including phenoxy) is 1. The fourth-order valence-electron chi connectivity index (χ4n) is 3.55. The Morgan fingerprint density at radius 3 is 3.05 bits per heavy atom. The topological polar surface area (TPSA) is 25.4 Å². The molecule has 1 saturated heterocycles. The molecule has 21 heavy (non-hydrogen) atoms. The molecule has 1 fully saturated rings. The van der Waals surface area contributed by atoms with Gasteiger partial charge < -0.3 is 9.64 Å². The van der Waals surface area contributed by atoms with E-state index in [-0.39, 0.29) is 5.60 Å². The summed E-state index contributed by atoms with van der Waals surface area (Å²) in [5, 5.41) is 0. The molecule has 4 rings (SSSR count). The van der Waals surface area contributed by atoms with Gasteiger partial charge in [0.1, 0.15) is 5.60 Å². The van der Waals surface area contributed by atoms with Crippen LogP contribution in [0.25, 0.3) is 0 Å². The molecule has 0 N–H and O–H groups in total. The van der Waals surface area contributed by atoms with Crippen molar-refractivity contribution < 1.29 is 4.74 Å². The first-order valence-corrected chi connectivity index (χ1v) is 8.14. The van der Waals surface area contributed by atoms with E-state index in [1.165, 1.54) is 11.1 Å². The van der Waals surface area contributed by atoms with Crippen molar-refractivity contribution in [2.75, 3.05) is 24.6 Å². The second-order valence-corrected chi connectivity index (χ2v) is 6.70. The van der Waals surface area contributed by atoms with Crippen molar-refractivity contribution in [1.29, 1.82) is 0 Å². The molecule has 0 saturated carbocycles. The molecule has 2 aromatic rings. The summed E-state index contributed by atoms with van der Waals surface area (Å²) in [6.07, 6.45) is 5.94. The summed E-state index contributed by atoms with van der Waals surface area (Å²) in [4.78, 5) is 6.68. The Hall–Kier alpha value is -1.39. The zero-order chi connectivity index (χ0) is 14.3. The monoisotopic (exact) mass is 344 g/mol. The maximum Gasteiger partial charge on any atom is 0.111 e. The fraction of sp³-hybridized carbons (Fsp3) is 0.353. The van der Waals surface area contributed by atoms with Gasteiger partial charge in [-0.2, -0.15) is 0 Å². The van der Waals surface area contributed by atoms with E-state index in [4.69, 9.17) is 4.74 Å². The largest absolute Gasteiger partial charge is 0.367 e. The molecule has 1 spiro atoms. The second kappa shape index (κ2) is 5.11. The lowest BCUT2D eigenvalue weighted by Gasteiger charge is -2.42. The van der Waals surface area contributed by atoms with E-state index in [1.54, 1.807) is 0 Å². The van der Waals surface area contributed by atoms with Gasteiger partial charge in [-0.15, -0.1) is 0 Å². The number of benzene rings is 1. The molecule has 1 unspecified atom stereocenters. The SMILES string of the molecule is Brc1cncc(N2CCOC3(CCc4ccccc43)C2)c1. The van der Waals surface area contributed by atoms with Crippen molar-refractivity contribution in [2.45, 2.75) is 18.4 Å². The number of nitrogens with zero attached hydrogens (tertiary/aromatic N) is 2. The molecule has 108 valence electrons. The van der Waals surface area contributed by atoms with Gasteiger partial charge in [0.2, 0.25) is 0 Å². The summed E-state index contributed by atoms with van der Waals surface area (Å²) in [5.74, 6) is 0. The zero-order valence-electron chi connectivity index (χ0n) is 11.8. The first-order valence-electron chi connectivity index (χ1n) is 7.35. The van der Waals surface area contributed by atoms with Crippen LogP contribution in [0, 0.1) is 0 Å². The van der Waals surface area contributed by atoms with E-state index in [2.05, 4.69) is 56.1 Å². The Kier molecular flexibility index (Phi) is 3.23. The highest BCUT2D eigenvalue weighted by Gasteiger charge is 2.43. The number of morpholine rings is 1. The highest BCUT2D eigenvalue weighted by Crippen LogP contribution is 2.42. The molecule has 0 bridgehead atoms. The molecule has 1 atom stereocenters. The van der Waals surface area contributed by atoms with Gasteiger partial charge in [0, 0.05) is 17.2 Å². The summed E-state index contributed by atoms with van der Waals surface area (Å²) in [6.45, 7) is 2.59. The lowest BCUT2D eigenvalue weighted by atomic mass is 9.93. The number of aryl methyl sites for hydroxylation is 1. The maximum absolute atomic E-state index is 6.26. The third-order valence-corrected chi connectivity index (χ3v) is 4.98. The standard InChI is InChI=1S/C17H17BrN2O/c18-14-9-15(11-19-10-14)20-7-8-21-17(12-20)6-5-13-3-1-2-4-16(13)17/h1-4,9-11H,5-8,12H2. The van der Waals surface area contributed by atoms with E-state index in [0.717, 1.165) is 42.7 Å². The number of anilines is 1. The summed E-state index contributed by atoms with van der Waals surface area (Å²) in [6, 6.07) is 10.8. The number of fused-ring (bicyclic) bond motifs is 2. The van der Waals surface area contributed by atoms with Crippen molar-refractivity contribution in [2.24, 2.45) is 0 Å². The number of hydrogen-bond acceptors (Lipinski definition) is 3.